The molecule has 0 bridgehead atoms. The van der Waals surface area contributed by atoms with E-state index in [0.29, 0.717) is 18.0 Å². The van der Waals surface area contributed by atoms with Gasteiger partial charge in [-0.15, -0.1) is 0 Å². The lowest BCUT2D eigenvalue weighted by Crippen LogP contribution is -2.45. The summed E-state index contributed by atoms with van der Waals surface area (Å²) >= 11 is 0. The first kappa shape index (κ1) is 13.8. The topological polar surface area (TPSA) is 72.4 Å². The molecule has 110 valence electrons. The van der Waals surface area contributed by atoms with E-state index in [1.54, 1.807) is 4.90 Å². The lowest BCUT2D eigenvalue weighted by Gasteiger charge is -2.30. The van der Waals surface area contributed by atoms with Crippen molar-refractivity contribution in [2.75, 3.05) is 13.1 Å². The first-order valence-corrected chi connectivity index (χ1v) is 7.20. The molecule has 1 amide bonds. The van der Waals surface area contributed by atoms with E-state index in [2.05, 4.69) is 4.98 Å². The van der Waals surface area contributed by atoms with Crippen LogP contribution in [0.25, 0.3) is 11.3 Å². The van der Waals surface area contributed by atoms with Crippen LogP contribution in [0, 0.1) is 6.92 Å². The van der Waals surface area contributed by atoms with Crippen LogP contribution in [-0.4, -0.2) is 34.9 Å². The molecule has 2 aromatic rings. The molecule has 1 fully saturated rings. The lowest BCUT2D eigenvalue weighted by atomic mass is 10.0. The molecule has 5 heteroatoms. The van der Waals surface area contributed by atoms with Gasteiger partial charge in [0, 0.05) is 24.7 Å². The second kappa shape index (κ2) is 5.69. The molecule has 2 N–H and O–H groups in total. The van der Waals surface area contributed by atoms with E-state index in [1.807, 2.05) is 31.2 Å². The van der Waals surface area contributed by atoms with Crippen LogP contribution in [-0.2, 0) is 0 Å². The number of aryl methyl sites for hydroxylation is 1. The minimum Gasteiger partial charge on any atom is -0.443 e. The molecule has 2 heterocycles. The molecule has 0 aliphatic carbocycles. The summed E-state index contributed by atoms with van der Waals surface area (Å²) in [6.45, 7) is 3.33. The third kappa shape index (κ3) is 2.83. The van der Waals surface area contributed by atoms with Gasteiger partial charge in [-0.25, -0.2) is 4.98 Å². The van der Waals surface area contributed by atoms with E-state index in [0.717, 1.165) is 30.5 Å². The Morgan fingerprint density at radius 3 is 2.86 bits per heavy atom. The fourth-order valence-electron chi connectivity index (χ4n) is 2.65. The summed E-state index contributed by atoms with van der Waals surface area (Å²) in [4.78, 5) is 18.5. The SMILES string of the molecule is Cc1ccc(-c2ocnc2C(=O)N2CCCC(N)C2)cc1. The van der Waals surface area contributed by atoms with Gasteiger partial charge in [0.1, 0.15) is 0 Å². The molecule has 0 saturated carbocycles. The maximum Gasteiger partial charge on any atom is 0.276 e. The van der Waals surface area contributed by atoms with E-state index >= 15 is 0 Å². The fraction of sp³-hybridized carbons (Fsp3) is 0.375. The third-order valence-corrected chi connectivity index (χ3v) is 3.83. The zero-order valence-corrected chi connectivity index (χ0v) is 12.1. The average molecular weight is 285 g/mol. The number of nitrogens with two attached hydrogens (primary N) is 1. The molecule has 1 aliphatic rings. The van der Waals surface area contributed by atoms with E-state index in [4.69, 9.17) is 10.2 Å². The number of benzene rings is 1. The number of oxazole rings is 1. The normalized spacial score (nSPS) is 18.8. The summed E-state index contributed by atoms with van der Waals surface area (Å²) in [5.41, 5.74) is 8.34. The predicted molar refractivity (Wildman–Crippen MR) is 79.8 cm³/mol. The molecule has 1 aromatic heterocycles. The number of carbonyl (C=O) groups excluding carboxylic acids is 1. The number of hydrogen-bond acceptors (Lipinski definition) is 4. The molecular weight excluding hydrogens is 266 g/mol. The van der Waals surface area contributed by atoms with Crippen LogP contribution in [0.2, 0.25) is 0 Å². The first-order chi connectivity index (χ1) is 10.1. The Hall–Kier alpha value is -2.14. The highest BCUT2D eigenvalue weighted by Gasteiger charge is 2.27. The summed E-state index contributed by atoms with van der Waals surface area (Å²) < 4.78 is 5.44. The van der Waals surface area contributed by atoms with Gasteiger partial charge in [-0.3, -0.25) is 4.79 Å². The minimum absolute atomic E-state index is 0.0532. The number of carbonyl (C=O) groups is 1. The van der Waals surface area contributed by atoms with Crippen LogP contribution in [0.4, 0.5) is 0 Å². The Balaban J connectivity index is 1.88. The number of amides is 1. The predicted octanol–water partition coefficient (Wildman–Crippen LogP) is 2.21. The number of rotatable bonds is 2. The Bertz CT molecular complexity index is 633. The molecule has 1 aliphatic heterocycles. The fourth-order valence-corrected chi connectivity index (χ4v) is 2.65. The first-order valence-electron chi connectivity index (χ1n) is 7.20. The number of likely N-dealkylation sites (tertiary alicyclic amines) is 1. The second-order valence-corrected chi connectivity index (χ2v) is 5.55. The van der Waals surface area contributed by atoms with Crippen molar-refractivity contribution in [2.45, 2.75) is 25.8 Å². The van der Waals surface area contributed by atoms with E-state index in [-0.39, 0.29) is 11.9 Å². The van der Waals surface area contributed by atoms with Crippen molar-refractivity contribution in [2.24, 2.45) is 5.73 Å². The van der Waals surface area contributed by atoms with Gasteiger partial charge in [-0.2, -0.15) is 0 Å². The number of piperidine rings is 1. The van der Waals surface area contributed by atoms with Crippen molar-refractivity contribution in [1.82, 2.24) is 9.88 Å². The molecular formula is C16H19N3O2. The standard InChI is InChI=1S/C16H19N3O2/c1-11-4-6-12(7-5-11)15-14(18-10-21-15)16(20)19-8-2-3-13(17)9-19/h4-7,10,13H,2-3,8-9,17H2,1H3. The molecule has 3 rings (SSSR count). The molecule has 0 radical (unpaired) electrons. The molecule has 0 spiro atoms. The van der Waals surface area contributed by atoms with Gasteiger partial charge in [-0.05, 0) is 19.8 Å². The van der Waals surface area contributed by atoms with Crippen molar-refractivity contribution in [3.05, 3.63) is 41.9 Å². The maximum atomic E-state index is 12.6. The summed E-state index contributed by atoms with van der Waals surface area (Å²) in [6.07, 6.45) is 3.23. The lowest BCUT2D eigenvalue weighted by molar-refractivity contribution is 0.0704. The average Bonchev–Trinajstić information content (AvgIpc) is 2.96. The number of hydrogen-bond donors (Lipinski definition) is 1. The Morgan fingerprint density at radius 2 is 2.14 bits per heavy atom. The number of aromatic nitrogens is 1. The van der Waals surface area contributed by atoms with Crippen LogP contribution in [0.3, 0.4) is 0 Å². The highest BCUT2D eigenvalue weighted by Crippen LogP contribution is 2.25. The van der Waals surface area contributed by atoms with Gasteiger partial charge in [-0.1, -0.05) is 29.8 Å². The maximum absolute atomic E-state index is 12.6. The van der Waals surface area contributed by atoms with E-state index in [9.17, 15) is 4.79 Å². The quantitative estimate of drug-likeness (QED) is 0.918. The van der Waals surface area contributed by atoms with Crippen LogP contribution < -0.4 is 5.73 Å². The van der Waals surface area contributed by atoms with Gasteiger partial charge in [0.05, 0.1) is 0 Å². The summed E-state index contributed by atoms with van der Waals surface area (Å²) in [5.74, 6) is 0.425. The largest absolute Gasteiger partial charge is 0.443 e. The van der Waals surface area contributed by atoms with Crippen molar-refractivity contribution < 1.29 is 9.21 Å². The van der Waals surface area contributed by atoms with E-state index in [1.165, 1.54) is 6.39 Å². The zero-order valence-electron chi connectivity index (χ0n) is 12.1. The van der Waals surface area contributed by atoms with Gasteiger partial charge >= 0.3 is 0 Å². The Labute approximate surface area is 123 Å². The van der Waals surface area contributed by atoms with Gasteiger partial charge in [0.25, 0.3) is 5.91 Å². The molecule has 1 atom stereocenters. The van der Waals surface area contributed by atoms with Crippen molar-refractivity contribution in [3.8, 4) is 11.3 Å². The van der Waals surface area contributed by atoms with Crippen LogP contribution >= 0.6 is 0 Å². The molecule has 5 nitrogen and oxygen atoms in total. The second-order valence-electron chi connectivity index (χ2n) is 5.55. The molecule has 1 saturated heterocycles. The monoisotopic (exact) mass is 285 g/mol. The number of nitrogens with zero attached hydrogens (tertiary/aromatic N) is 2. The van der Waals surface area contributed by atoms with Gasteiger partial charge in [0.15, 0.2) is 17.8 Å². The third-order valence-electron chi connectivity index (χ3n) is 3.83. The van der Waals surface area contributed by atoms with Crippen LogP contribution in [0.5, 0.6) is 0 Å². The zero-order chi connectivity index (χ0) is 14.8. The summed E-state index contributed by atoms with van der Waals surface area (Å²) in [5, 5.41) is 0. The molecule has 1 unspecified atom stereocenters. The molecule has 21 heavy (non-hydrogen) atoms. The van der Waals surface area contributed by atoms with Crippen LogP contribution in [0.15, 0.2) is 35.1 Å². The van der Waals surface area contributed by atoms with E-state index < -0.39 is 0 Å². The smallest absolute Gasteiger partial charge is 0.276 e. The van der Waals surface area contributed by atoms with Crippen molar-refractivity contribution >= 4 is 5.91 Å². The van der Waals surface area contributed by atoms with Crippen molar-refractivity contribution in [3.63, 3.8) is 0 Å². The summed E-state index contributed by atoms with van der Waals surface area (Å²) in [7, 11) is 0. The Kier molecular flexibility index (Phi) is 3.75. The minimum atomic E-state index is -0.102. The van der Waals surface area contributed by atoms with Crippen molar-refractivity contribution in [1.29, 1.82) is 0 Å². The van der Waals surface area contributed by atoms with Crippen LogP contribution in [0.1, 0.15) is 28.9 Å². The summed E-state index contributed by atoms with van der Waals surface area (Å²) in [6, 6.07) is 7.91. The highest BCUT2D eigenvalue weighted by atomic mass is 16.3. The van der Waals surface area contributed by atoms with Gasteiger partial charge in [0.2, 0.25) is 0 Å². The highest BCUT2D eigenvalue weighted by molar-refractivity contribution is 5.97. The molecule has 1 aromatic carbocycles. The Morgan fingerprint density at radius 1 is 1.38 bits per heavy atom. The van der Waals surface area contributed by atoms with Gasteiger partial charge < -0.3 is 15.1 Å².